The zero-order valence-electron chi connectivity index (χ0n) is 12.9. The van der Waals surface area contributed by atoms with E-state index in [0.717, 1.165) is 18.8 Å². The van der Waals surface area contributed by atoms with Gasteiger partial charge in [-0.15, -0.1) is 0 Å². The molecule has 2 rings (SSSR count). The first-order valence-corrected chi connectivity index (χ1v) is 8.62. The first-order chi connectivity index (χ1) is 9.52. The van der Waals surface area contributed by atoms with Crippen molar-refractivity contribution in [2.75, 3.05) is 11.4 Å². The molecule has 1 heterocycles. The van der Waals surface area contributed by atoms with E-state index in [1.807, 2.05) is 0 Å². The molecule has 0 aromatic heterocycles. The molecule has 0 radical (unpaired) electrons. The van der Waals surface area contributed by atoms with E-state index in [1.165, 1.54) is 35.1 Å². The maximum Gasteiger partial charge on any atom is 0.0380 e. The maximum absolute atomic E-state index is 6.06. The van der Waals surface area contributed by atoms with Gasteiger partial charge in [0.05, 0.1) is 0 Å². The van der Waals surface area contributed by atoms with Crippen LogP contribution in [0.1, 0.15) is 45.6 Å². The lowest BCUT2D eigenvalue weighted by molar-refractivity contribution is 0.363. The molecule has 0 spiro atoms. The first kappa shape index (κ1) is 15.8. The lowest BCUT2D eigenvalue weighted by Crippen LogP contribution is -2.42. The molecule has 2 nitrogen and oxygen atoms in total. The molecule has 1 aliphatic rings. The van der Waals surface area contributed by atoms with Gasteiger partial charge in [0.25, 0.3) is 0 Å². The second kappa shape index (κ2) is 6.95. The Hall–Kier alpha value is -0.540. The van der Waals surface area contributed by atoms with Crippen LogP contribution in [0.15, 0.2) is 22.7 Å². The van der Waals surface area contributed by atoms with E-state index in [4.69, 9.17) is 5.73 Å². The molecule has 0 amide bonds. The van der Waals surface area contributed by atoms with E-state index in [1.54, 1.807) is 0 Å². The van der Waals surface area contributed by atoms with Crippen molar-refractivity contribution in [3.63, 3.8) is 0 Å². The van der Waals surface area contributed by atoms with Crippen molar-refractivity contribution in [3.05, 3.63) is 28.2 Å². The highest BCUT2D eigenvalue weighted by molar-refractivity contribution is 9.10. The van der Waals surface area contributed by atoms with Crippen molar-refractivity contribution < 1.29 is 0 Å². The second-order valence-corrected chi connectivity index (χ2v) is 7.06. The van der Waals surface area contributed by atoms with Gasteiger partial charge in [-0.1, -0.05) is 35.8 Å². The summed E-state index contributed by atoms with van der Waals surface area (Å²) in [7, 11) is 0. The smallest absolute Gasteiger partial charge is 0.0380 e. The number of nitrogens with zero attached hydrogens (tertiary/aromatic N) is 1. The topological polar surface area (TPSA) is 29.3 Å². The average molecular weight is 339 g/mol. The Morgan fingerprint density at radius 2 is 2.15 bits per heavy atom. The quantitative estimate of drug-likeness (QED) is 0.883. The van der Waals surface area contributed by atoms with Crippen molar-refractivity contribution in [1.82, 2.24) is 0 Å². The van der Waals surface area contributed by atoms with Crippen LogP contribution >= 0.6 is 15.9 Å². The summed E-state index contributed by atoms with van der Waals surface area (Å²) >= 11 is 3.72. The number of halogens is 1. The van der Waals surface area contributed by atoms with Gasteiger partial charge in [-0.2, -0.15) is 0 Å². The van der Waals surface area contributed by atoms with Crippen molar-refractivity contribution in [2.24, 2.45) is 11.7 Å². The average Bonchev–Trinajstić information content (AvgIpc) is 2.44. The Morgan fingerprint density at radius 1 is 1.40 bits per heavy atom. The van der Waals surface area contributed by atoms with Gasteiger partial charge in [0.15, 0.2) is 0 Å². The molecule has 1 saturated heterocycles. The van der Waals surface area contributed by atoms with Gasteiger partial charge < -0.3 is 10.6 Å². The molecule has 0 bridgehead atoms. The minimum atomic E-state index is 0.256. The number of rotatable bonds is 4. The van der Waals surface area contributed by atoms with E-state index < -0.39 is 0 Å². The largest absolute Gasteiger partial charge is 0.369 e. The Bertz CT molecular complexity index is 447. The summed E-state index contributed by atoms with van der Waals surface area (Å²) in [5.41, 5.74) is 8.72. The summed E-state index contributed by atoms with van der Waals surface area (Å²) in [6, 6.07) is 7.65. The Labute approximate surface area is 131 Å². The minimum absolute atomic E-state index is 0.256. The third-order valence-corrected chi connectivity index (χ3v) is 5.49. The zero-order chi connectivity index (χ0) is 14.7. The molecule has 0 aliphatic carbocycles. The predicted molar refractivity (Wildman–Crippen MR) is 91.3 cm³/mol. The lowest BCUT2D eigenvalue weighted by atomic mass is 9.91. The van der Waals surface area contributed by atoms with E-state index in [0.29, 0.717) is 6.04 Å². The molecular formula is C17H27BrN2. The summed E-state index contributed by atoms with van der Waals surface area (Å²) in [6.45, 7) is 8.02. The Kier molecular flexibility index (Phi) is 5.50. The summed E-state index contributed by atoms with van der Waals surface area (Å²) < 4.78 is 1.20. The molecule has 1 fully saturated rings. The number of hydrogen-bond acceptors (Lipinski definition) is 2. The third-order valence-electron chi connectivity index (χ3n) is 4.75. The molecule has 1 aromatic rings. The SMILES string of the molecule is CCC(N)Cc1ccc(N2CCCC(C)C2C)cc1Br. The number of hydrogen-bond donors (Lipinski definition) is 1. The molecule has 3 heteroatoms. The van der Waals surface area contributed by atoms with Gasteiger partial charge in [-0.05, 0) is 56.2 Å². The van der Waals surface area contributed by atoms with Crippen LogP contribution in [0.3, 0.4) is 0 Å². The molecule has 1 aliphatic heterocycles. The number of benzene rings is 1. The van der Waals surface area contributed by atoms with Crippen molar-refractivity contribution in [2.45, 2.75) is 58.5 Å². The van der Waals surface area contributed by atoms with Crippen LogP contribution in [0.25, 0.3) is 0 Å². The molecule has 112 valence electrons. The highest BCUT2D eigenvalue weighted by Gasteiger charge is 2.25. The fraction of sp³-hybridized carbons (Fsp3) is 0.647. The summed E-state index contributed by atoms with van der Waals surface area (Å²) in [6.07, 6.45) is 4.62. The molecule has 3 unspecified atom stereocenters. The van der Waals surface area contributed by atoms with Crippen LogP contribution in [-0.2, 0) is 6.42 Å². The van der Waals surface area contributed by atoms with Crippen molar-refractivity contribution in [1.29, 1.82) is 0 Å². The van der Waals surface area contributed by atoms with Crippen LogP contribution in [0.5, 0.6) is 0 Å². The normalized spacial score (nSPS) is 24.8. The van der Waals surface area contributed by atoms with Gasteiger partial charge in [0.1, 0.15) is 0 Å². The Balaban J connectivity index is 2.16. The standard InChI is InChI=1S/C17H27BrN2/c1-4-15(19)10-14-7-8-16(11-17(14)18)20-9-5-6-12(2)13(20)3/h7-8,11-13,15H,4-6,9-10,19H2,1-3H3. The zero-order valence-corrected chi connectivity index (χ0v) is 14.5. The highest BCUT2D eigenvalue weighted by atomic mass is 79.9. The van der Waals surface area contributed by atoms with Crippen molar-refractivity contribution >= 4 is 21.6 Å². The summed E-state index contributed by atoms with van der Waals surface area (Å²) in [5.74, 6) is 0.774. The molecule has 0 saturated carbocycles. The predicted octanol–water partition coefficient (Wildman–Crippen LogP) is 4.35. The van der Waals surface area contributed by atoms with E-state index in [2.05, 4.69) is 59.8 Å². The fourth-order valence-electron chi connectivity index (χ4n) is 3.01. The molecule has 3 atom stereocenters. The third kappa shape index (κ3) is 3.56. The van der Waals surface area contributed by atoms with Crippen LogP contribution in [0.2, 0.25) is 0 Å². The van der Waals surface area contributed by atoms with E-state index in [-0.39, 0.29) is 6.04 Å². The number of anilines is 1. The highest BCUT2D eigenvalue weighted by Crippen LogP contribution is 2.31. The first-order valence-electron chi connectivity index (χ1n) is 7.83. The number of piperidine rings is 1. The van der Waals surface area contributed by atoms with Gasteiger partial charge in [0.2, 0.25) is 0 Å². The molecule has 2 N–H and O–H groups in total. The Morgan fingerprint density at radius 3 is 2.80 bits per heavy atom. The van der Waals surface area contributed by atoms with Gasteiger partial charge in [-0.3, -0.25) is 0 Å². The molecule has 20 heavy (non-hydrogen) atoms. The van der Waals surface area contributed by atoms with Gasteiger partial charge in [-0.25, -0.2) is 0 Å². The summed E-state index contributed by atoms with van der Waals surface area (Å²) in [4.78, 5) is 2.54. The summed E-state index contributed by atoms with van der Waals surface area (Å²) in [5, 5.41) is 0. The van der Waals surface area contributed by atoms with E-state index >= 15 is 0 Å². The van der Waals surface area contributed by atoms with Crippen LogP contribution in [-0.4, -0.2) is 18.6 Å². The molecule has 1 aromatic carbocycles. The minimum Gasteiger partial charge on any atom is -0.369 e. The second-order valence-electron chi connectivity index (χ2n) is 6.20. The van der Waals surface area contributed by atoms with Crippen molar-refractivity contribution in [3.8, 4) is 0 Å². The monoisotopic (exact) mass is 338 g/mol. The fourth-order valence-corrected chi connectivity index (χ4v) is 3.54. The van der Waals surface area contributed by atoms with Crippen LogP contribution < -0.4 is 10.6 Å². The van der Waals surface area contributed by atoms with Gasteiger partial charge in [0, 0.05) is 28.8 Å². The van der Waals surface area contributed by atoms with E-state index in [9.17, 15) is 0 Å². The lowest BCUT2D eigenvalue weighted by Gasteiger charge is -2.39. The molecular weight excluding hydrogens is 312 g/mol. The number of nitrogens with two attached hydrogens (primary N) is 1. The van der Waals surface area contributed by atoms with Crippen LogP contribution in [0, 0.1) is 5.92 Å². The van der Waals surface area contributed by atoms with Gasteiger partial charge >= 0.3 is 0 Å². The maximum atomic E-state index is 6.06. The van der Waals surface area contributed by atoms with Crippen LogP contribution in [0.4, 0.5) is 5.69 Å².